The highest BCUT2D eigenvalue weighted by Crippen LogP contribution is 2.15. The van der Waals surface area contributed by atoms with Gasteiger partial charge < -0.3 is 4.84 Å². The van der Waals surface area contributed by atoms with Gasteiger partial charge >= 0.3 is 5.97 Å². The third kappa shape index (κ3) is 3.26. The predicted molar refractivity (Wildman–Crippen MR) is 67.4 cm³/mol. The highest BCUT2D eigenvalue weighted by Gasteiger charge is 2.18. The molecule has 0 aliphatic heterocycles. The number of benzene rings is 1. The standard InChI is InChI=1S/C14H15NO3/c16-13(11-7-3-1-4-8-11)14(17)18-15-12-9-5-2-6-10-12/h1,3-4,7-8H,2,5-6,9-10H2. The van der Waals surface area contributed by atoms with Gasteiger partial charge in [-0.25, -0.2) is 4.79 Å². The van der Waals surface area contributed by atoms with Crippen LogP contribution in [0.5, 0.6) is 0 Å². The second-order valence-electron chi connectivity index (χ2n) is 4.29. The molecule has 18 heavy (non-hydrogen) atoms. The number of Topliss-reactive ketones (excluding diaryl/α,β-unsaturated/α-hetero) is 1. The molecule has 2 rings (SSSR count). The van der Waals surface area contributed by atoms with E-state index in [1.54, 1.807) is 30.3 Å². The maximum atomic E-state index is 11.7. The van der Waals surface area contributed by atoms with Crippen molar-refractivity contribution in [3.8, 4) is 0 Å². The van der Waals surface area contributed by atoms with Crippen LogP contribution in [0.25, 0.3) is 0 Å². The van der Waals surface area contributed by atoms with Gasteiger partial charge in [0, 0.05) is 5.56 Å². The third-order valence-electron chi connectivity index (χ3n) is 2.91. The highest BCUT2D eigenvalue weighted by molar-refractivity contribution is 6.40. The summed E-state index contributed by atoms with van der Waals surface area (Å²) >= 11 is 0. The zero-order valence-corrected chi connectivity index (χ0v) is 10.1. The van der Waals surface area contributed by atoms with E-state index < -0.39 is 11.8 Å². The van der Waals surface area contributed by atoms with Crippen molar-refractivity contribution in [3.05, 3.63) is 35.9 Å². The number of carbonyl (C=O) groups is 2. The second-order valence-corrected chi connectivity index (χ2v) is 4.29. The van der Waals surface area contributed by atoms with Gasteiger partial charge in [0.15, 0.2) is 0 Å². The summed E-state index contributed by atoms with van der Waals surface area (Å²) in [4.78, 5) is 27.9. The SMILES string of the molecule is O=C(ON=C1CCCCC1)C(=O)c1ccccc1. The minimum atomic E-state index is -0.917. The maximum Gasteiger partial charge on any atom is 0.405 e. The van der Waals surface area contributed by atoms with Gasteiger partial charge in [0.1, 0.15) is 0 Å². The highest BCUT2D eigenvalue weighted by atomic mass is 16.7. The fourth-order valence-electron chi connectivity index (χ4n) is 1.91. The number of hydrogen-bond acceptors (Lipinski definition) is 4. The molecule has 4 heteroatoms. The van der Waals surface area contributed by atoms with Gasteiger partial charge in [-0.1, -0.05) is 41.9 Å². The maximum absolute atomic E-state index is 11.7. The van der Waals surface area contributed by atoms with Crippen LogP contribution in [0.15, 0.2) is 35.5 Å². The van der Waals surface area contributed by atoms with E-state index in [0.717, 1.165) is 31.4 Å². The lowest BCUT2D eigenvalue weighted by Crippen LogP contribution is -2.16. The first-order valence-corrected chi connectivity index (χ1v) is 6.14. The molecule has 0 atom stereocenters. The molecule has 1 aliphatic carbocycles. The van der Waals surface area contributed by atoms with Crippen molar-refractivity contribution in [1.29, 1.82) is 0 Å². The number of oxime groups is 1. The summed E-state index contributed by atoms with van der Waals surface area (Å²) in [5.74, 6) is -1.57. The van der Waals surface area contributed by atoms with E-state index in [1.807, 2.05) is 0 Å². The van der Waals surface area contributed by atoms with Crippen LogP contribution in [0.2, 0.25) is 0 Å². The van der Waals surface area contributed by atoms with Crippen molar-refractivity contribution in [1.82, 2.24) is 0 Å². The fraction of sp³-hybridized carbons (Fsp3) is 0.357. The molecular formula is C14H15NO3. The molecular weight excluding hydrogens is 230 g/mol. The van der Waals surface area contributed by atoms with Gasteiger partial charge in [-0.15, -0.1) is 0 Å². The molecule has 0 bridgehead atoms. The summed E-state index contributed by atoms with van der Waals surface area (Å²) < 4.78 is 0. The second kappa shape index (κ2) is 6.10. The summed E-state index contributed by atoms with van der Waals surface area (Å²) in [6.45, 7) is 0. The van der Waals surface area contributed by atoms with Crippen LogP contribution < -0.4 is 0 Å². The van der Waals surface area contributed by atoms with Crippen molar-refractivity contribution in [2.45, 2.75) is 32.1 Å². The van der Waals surface area contributed by atoms with Crippen molar-refractivity contribution in [2.24, 2.45) is 5.16 Å². The van der Waals surface area contributed by atoms with Crippen molar-refractivity contribution in [3.63, 3.8) is 0 Å². The Bertz CT molecular complexity index is 457. The lowest BCUT2D eigenvalue weighted by atomic mass is 9.99. The van der Waals surface area contributed by atoms with Gasteiger partial charge in [0.2, 0.25) is 0 Å². The average Bonchev–Trinajstić information content (AvgIpc) is 2.46. The largest absolute Gasteiger partial charge is 0.405 e. The molecule has 4 nitrogen and oxygen atoms in total. The number of carbonyl (C=O) groups excluding carboxylic acids is 2. The fourth-order valence-corrected chi connectivity index (χ4v) is 1.91. The summed E-state index contributed by atoms with van der Waals surface area (Å²) in [5, 5.41) is 3.78. The Morgan fingerprint density at radius 3 is 2.33 bits per heavy atom. The molecule has 0 spiro atoms. The predicted octanol–water partition coefficient (Wildman–Crippen LogP) is 2.73. The smallest absolute Gasteiger partial charge is 0.309 e. The van der Waals surface area contributed by atoms with Crippen LogP contribution in [0, 0.1) is 0 Å². The number of ketones is 1. The van der Waals surface area contributed by atoms with Crippen LogP contribution in [0.1, 0.15) is 42.5 Å². The van der Waals surface area contributed by atoms with Crippen LogP contribution in [0.3, 0.4) is 0 Å². The van der Waals surface area contributed by atoms with E-state index in [1.165, 1.54) is 6.42 Å². The van der Waals surface area contributed by atoms with Gasteiger partial charge in [-0.3, -0.25) is 4.79 Å². The molecule has 0 unspecified atom stereocenters. The molecule has 1 aromatic rings. The average molecular weight is 245 g/mol. The lowest BCUT2D eigenvalue weighted by Gasteiger charge is -2.10. The van der Waals surface area contributed by atoms with Crippen LogP contribution in [-0.4, -0.2) is 17.5 Å². The Labute approximate surface area is 106 Å². The van der Waals surface area contributed by atoms with E-state index >= 15 is 0 Å². The zero-order chi connectivity index (χ0) is 12.8. The van der Waals surface area contributed by atoms with Crippen LogP contribution >= 0.6 is 0 Å². The van der Waals surface area contributed by atoms with Crippen LogP contribution in [0.4, 0.5) is 0 Å². The quantitative estimate of drug-likeness (QED) is 0.356. The van der Waals surface area contributed by atoms with Crippen molar-refractivity contribution < 1.29 is 14.4 Å². The third-order valence-corrected chi connectivity index (χ3v) is 2.91. The normalized spacial score (nSPS) is 15.0. The molecule has 1 aliphatic rings. The summed E-state index contributed by atoms with van der Waals surface area (Å²) in [5.41, 5.74) is 1.20. The van der Waals surface area contributed by atoms with Gasteiger partial charge in [-0.05, 0) is 25.7 Å². The molecule has 1 aromatic carbocycles. The van der Waals surface area contributed by atoms with Gasteiger partial charge in [-0.2, -0.15) is 0 Å². The first-order valence-electron chi connectivity index (χ1n) is 6.14. The number of rotatable bonds is 3. The van der Waals surface area contributed by atoms with E-state index in [4.69, 9.17) is 4.84 Å². The molecule has 0 N–H and O–H groups in total. The zero-order valence-electron chi connectivity index (χ0n) is 10.1. The number of hydrogen-bond donors (Lipinski definition) is 0. The van der Waals surface area contributed by atoms with Gasteiger partial charge in [0.25, 0.3) is 5.78 Å². The first-order chi connectivity index (χ1) is 8.77. The molecule has 1 fully saturated rings. The van der Waals surface area contributed by atoms with E-state index in [9.17, 15) is 9.59 Å². The summed E-state index contributed by atoms with van der Waals surface area (Å²) in [6.07, 6.45) is 5.04. The summed E-state index contributed by atoms with van der Waals surface area (Å²) in [6, 6.07) is 8.35. The van der Waals surface area contributed by atoms with Gasteiger partial charge in [0.05, 0.1) is 5.71 Å². The molecule has 0 amide bonds. The first kappa shape index (κ1) is 12.5. The van der Waals surface area contributed by atoms with E-state index in [-0.39, 0.29) is 0 Å². The number of nitrogens with zero attached hydrogens (tertiary/aromatic N) is 1. The molecule has 94 valence electrons. The van der Waals surface area contributed by atoms with E-state index in [2.05, 4.69) is 5.16 Å². The monoisotopic (exact) mass is 245 g/mol. The minimum absolute atomic E-state index is 0.325. The van der Waals surface area contributed by atoms with E-state index in [0.29, 0.717) is 5.56 Å². The summed E-state index contributed by atoms with van der Waals surface area (Å²) in [7, 11) is 0. The topological polar surface area (TPSA) is 55.7 Å². The Morgan fingerprint density at radius 2 is 1.67 bits per heavy atom. The Kier molecular flexibility index (Phi) is 4.23. The van der Waals surface area contributed by atoms with Crippen molar-refractivity contribution >= 4 is 17.5 Å². The molecule has 0 heterocycles. The Morgan fingerprint density at radius 1 is 1.00 bits per heavy atom. The molecule has 0 radical (unpaired) electrons. The Hall–Kier alpha value is -1.97. The molecule has 1 saturated carbocycles. The van der Waals surface area contributed by atoms with Crippen LogP contribution in [-0.2, 0) is 9.63 Å². The minimum Gasteiger partial charge on any atom is -0.309 e. The lowest BCUT2D eigenvalue weighted by molar-refractivity contribution is -0.138. The van der Waals surface area contributed by atoms with Crippen molar-refractivity contribution in [2.75, 3.05) is 0 Å². The molecule has 0 saturated heterocycles. The molecule has 0 aromatic heterocycles. The Balaban J connectivity index is 1.94.